The van der Waals surface area contributed by atoms with Crippen molar-refractivity contribution in [2.24, 2.45) is 10.3 Å². The molecule has 1 unspecified atom stereocenters. The Labute approximate surface area is 89.3 Å². The maximum Gasteiger partial charge on any atom is 0.347 e. The van der Waals surface area contributed by atoms with Gasteiger partial charge in [0.25, 0.3) is 0 Å². The van der Waals surface area contributed by atoms with Gasteiger partial charge in [0.1, 0.15) is 0 Å². The Bertz CT molecular complexity index is 410. The van der Waals surface area contributed by atoms with Crippen molar-refractivity contribution in [2.75, 3.05) is 5.01 Å². The number of halogens is 2. The largest absolute Gasteiger partial charge is 0.347 e. The zero-order valence-electron chi connectivity index (χ0n) is 7.96. The highest BCUT2D eigenvalue weighted by molar-refractivity contribution is 5.86. The maximum absolute atomic E-state index is 12.1. The summed E-state index contributed by atoms with van der Waals surface area (Å²) < 4.78 is 28.3. The first kappa shape index (κ1) is 10.6. The summed E-state index contributed by atoms with van der Waals surface area (Å²) in [5.41, 5.74) is 0.461. The number of carbonyl (C=O) groups excluding carboxylic acids is 1. The van der Waals surface area contributed by atoms with Crippen molar-refractivity contribution in [1.82, 2.24) is 0 Å². The highest BCUT2D eigenvalue weighted by Gasteiger charge is 2.35. The Morgan fingerprint density at radius 2 is 2.00 bits per heavy atom. The van der Waals surface area contributed by atoms with Gasteiger partial charge in [-0.15, -0.1) is 0 Å². The van der Waals surface area contributed by atoms with E-state index in [9.17, 15) is 13.6 Å². The summed E-state index contributed by atoms with van der Waals surface area (Å²) in [4.78, 5) is 11.1. The van der Waals surface area contributed by atoms with Crippen LogP contribution in [-0.2, 0) is 9.53 Å². The molecule has 0 aromatic heterocycles. The molecule has 1 heterocycles. The molecular weight excluding hydrogens is 220 g/mol. The molecule has 1 aliphatic rings. The third-order valence-corrected chi connectivity index (χ3v) is 1.93. The first-order valence-electron chi connectivity index (χ1n) is 4.42. The van der Waals surface area contributed by atoms with Crippen molar-refractivity contribution in [1.29, 1.82) is 0 Å². The van der Waals surface area contributed by atoms with Gasteiger partial charge in [-0.3, -0.25) is 9.53 Å². The van der Waals surface area contributed by atoms with E-state index in [1.54, 1.807) is 30.3 Å². The van der Waals surface area contributed by atoms with Gasteiger partial charge in [0.05, 0.1) is 5.69 Å². The number of hydrogen-bond acceptors (Lipinski definition) is 4. The standard InChI is InChI=1S/C9H7F2N3O2/c10-9(11)16-8-7(15)12-13-14(8)6-4-2-1-3-5-6/h1-5,8-9H. The van der Waals surface area contributed by atoms with Crippen LogP contribution in [0.15, 0.2) is 40.7 Å². The van der Waals surface area contributed by atoms with Gasteiger partial charge in [0.2, 0.25) is 6.23 Å². The van der Waals surface area contributed by atoms with Crippen LogP contribution in [0.25, 0.3) is 0 Å². The van der Waals surface area contributed by atoms with E-state index in [1.807, 2.05) is 0 Å². The number of benzene rings is 1. The number of amides is 1. The topological polar surface area (TPSA) is 54.3 Å². The quantitative estimate of drug-likeness (QED) is 0.793. The summed E-state index contributed by atoms with van der Waals surface area (Å²) in [6.45, 7) is -3.05. The van der Waals surface area contributed by atoms with Gasteiger partial charge in [0.15, 0.2) is 0 Å². The minimum atomic E-state index is -3.05. The molecule has 0 aliphatic carbocycles. The molecule has 0 fully saturated rings. The summed E-state index contributed by atoms with van der Waals surface area (Å²) in [5.74, 6) is -0.843. The van der Waals surface area contributed by atoms with Crippen molar-refractivity contribution >= 4 is 11.6 Å². The molecule has 0 saturated carbocycles. The molecule has 1 aromatic rings. The minimum absolute atomic E-state index is 0.461. The van der Waals surface area contributed by atoms with Gasteiger partial charge < -0.3 is 0 Å². The second-order valence-electron chi connectivity index (χ2n) is 2.96. The highest BCUT2D eigenvalue weighted by atomic mass is 19.3. The van der Waals surface area contributed by atoms with Gasteiger partial charge in [-0.25, -0.2) is 5.01 Å². The van der Waals surface area contributed by atoms with Crippen LogP contribution in [-0.4, -0.2) is 18.7 Å². The van der Waals surface area contributed by atoms with Gasteiger partial charge in [-0.2, -0.15) is 8.78 Å². The number of hydrogen-bond donors (Lipinski definition) is 0. The fourth-order valence-corrected chi connectivity index (χ4v) is 1.27. The summed E-state index contributed by atoms with van der Waals surface area (Å²) in [7, 11) is 0. The SMILES string of the molecule is O=C1N=NN(c2ccccc2)C1OC(F)F. The third kappa shape index (κ3) is 2.03. The van der Waals surface area contributed by atoms with Crippen LogP contribution in [0.3, 0.4) is 0 Å². The molecule has 5 nitrogen and oxygen atoms in total. The number of rotatable bonds is 3. The number of para-hydroxylation sites is 1. The number of anilines is 1. The zero-order chi connectivity index (χ0) is 11.5. The van der Waals surface area contributed by atoms with Crippen molar-refractivity contribution in [3.05, 3.63) is 30.3 Å². The van der Waals surface area contributed by atoms with Crippen LogP contribution in [0.5, 0.6) is 0 Å². The maximum atomic E-state index is 12.1. The van der Waals surface area contributed by atoms with E-state index in [4.69, 9.17) is 0 Å². The number of carbonyl (C=O) groups is 1. The van der Waals surface area contributed by atoms with Gasteiger partial charge >= 0.3 is 12.5 Å². The molecule has 0 saturated heterocycles. The average molecular weight is 227 g/mol. The lowest BCUT2D eigenvalue weighted by Crippen LogP contribution is -2.36. The van der Waals surface area contributed by atoms with E-state index < -0.39 is 18.7 Å². The first-order valence-corrected chi connectivity index (χ1v) is 4.42. The van der Waals surface area contributed by atoms with E-state index in [0.29, 0.717) is 5.69 Å². The lowest BCUT2D eigenvalue weighted by atomic mass is 10.3. The first-order chi connectivity index (χ1) is 7.68. The number of nitrogens with zero attached hydrogens (tertiary/aromatic N) is 3. The highest BCUT2D eigenvalue weighted by Crippen LogP contribution is 2.24. The van der Waals surface area contributed by atoms with Crippen molar-refractivity contribution < 1.29 is 18.3 Å². The van der Waals surface area contributed by atoms with Crippen molar-refractivity contribution in [2.45, 2.75) is 12.8 Å². The molecule has 0 radical (unpaired) electrons. The fraction of sp³-hybridized carbons (Fsp3) is 0.222. The summed E-state index contributed by atoms with van der Waals surface area (Å²) in [6.07, 6.45) is -1.48. The van der Waals surface area contributed by atoms with Crippen LogP contribution in [0, 0.1) is 0 Å². The summed E-state index contributed by atoms with van der Waals surface area (Å²) >= 11 is 0. The Kier molecular flexibility index (Phi) is 2.86. The predicted octanol–water partition coefficient (Wildman–Crippen LogP) is 1.97. The smallest absolute Gasteiger partial charge is 0.287 e. The minimum Gasteiger partial charge on any atom is -0.287 e. The lowest BCUT2D eigenvalue weighted by molar-refractivity contribution is -0.170. The van der Waals surface area contributed by atoms with E-state index in [0.717, 1.165) is 5.01 Å². The van der Waals surface area contributed by atoms with Crippen molar-refractivity contribution in [3.8, 4) is 0 Å². The van der Waals surface area contributed by atoms with E-state index in [-0.39, 0.29) is 0 Å². The molecule has 1 aromatic carbocycles. The van der Waals surface area contributed by atoms with E-state index in [1.165, 1.54) is 0 Å². The summed E-state index contributed by atoms with van der Waals surface area (Å²) in [6, 6.07) is 8.35. The molecule has 0 bridgehead atoms. The Balaban J connectivity index is 2.21. The Morgan fingerprint density at radius 1 is 1.31 bits per heavy atom. The Hall–Kier alpha value is -1.89. The van der Waals surface area contributed by atoms with Gasteiger partial charge in [-0.05, 0) is 12.1 Å². The monoisotopic (exact) mass is 227 g/mol. The fourth-order valence-electron chi connectivity index (χ4n) is 1.27. The molecule has 16 heavy (non-hydrogen) atoms. The van der Waals surface area contributed by atoms with Gasteiger partial charge in [-0.1, -0.05) is 28.5 Å². The van der Waals surface area contributed by atoms with Crippen LogP contribution in [0.1, 0.15) is 0 Å². The molecule has 2 rings (SSSR count). The molecule has 0 spiro atoms. The lowest BCUT2D eigenvalue weighted by Gasteiger charge is -2.19. The van der Waals surface area contributed by atoms with Crippen LogP contribution in [0.4, 0.5) is 14.5 Å². The Morgan fingerprint density at radius 3 is 2.62 bits per heavy atom. The van der Waals surface area contributed by atoms with Crippen LogP contribution < -0.4 is 5.01 Å². The number of ether oxygens (including phenoxy) is 1. The predicted molar refractivity (Wildman–Crippen MR) is 49.7 cm³/mol. The van der Waals surface area contributed by atoms with E-state index >= 15 is 0 Å². The zero-order valence-corrected chi connectivity index (χ0v) is 7.96. The normalized spacial score (nSPS) is 19.8. The van der Waals surface area contributed by atoms with Gasteiger partial charge in [0, 0.05) is 0 Å². The average Bonchev–Trinajstić information content (AvgIpc) is 2.61. The third-order valence-electron chi connectivity index (χ3n) is 1.93. The van der Waals surface area contributed by atoms with Crippen molar-refractivity contribution in [3.63, 3.8) is 0 Å². The van der Waals surface area contributed by atoms with Crippen LogP contribution in [0.2, 0.25) is 0 Å². The molecule has 7 heteroatoms. The second-order valence-corrected chi connectivity index (χ2v) is 2.96. The second kappa shape index (κ2) is 4.31. The van der Waals surface area contributed by atoms with E-state index in [2.05, 4.69) is 15.1 Å². The summed E-state index contributed by atoms with van der Waals surface area (Å²) in [5, 5.41) is 7.66. The molecule has 84 valence electrons. The molecule has 1 amide bonds. The molecule has 0 N–H and O–H groups in total. The molecule has 1 aliphatic heterocycles. The number of alkyl halides is 2. The molecular formula is C9H7F2N3O2. The molecule has 1 atom stereocenters. The van der Waals surface area contributed by atoms with Crippen LogP contribution >= 0.6 is 0 Å².